The second kappa shape index (κ2) is 7.43. The molecule has 1 N–H and O–H groups in total. The van der Waals surface area contributed by atoms with Gasteiger partial charge in [-0.3, -0.25) is 0 Å². The van der Waals surface area contributed by atoms with Gasteiger partial charge in [0.1, 0.15) is 16.6 Å². The monoisotopic (exact) mass is 395 g/mol. The fourth-order valence-electron chi connectivity index (χ4n) is 2.10. The molecule has 2 aromatic carbocycles. The summed E-state index contributed by atoms with van der Waals surface area (Å²) in [5.74, 6) is 0. The Bertz CT molecular complexity index is 903. The second-order valence-corrected chi connectivity index (χ2v) is 7.00. The molecule has 0 bridgehead atoms. The van der Waals surface area contributed by atoms with E-state index in [1.54, 1.807) is 6.20 Å². The van der Waals surface area contributed by atoms with E-state index in [2.05, 4.69) is 32.3 Å². The van der Waals surface area contributed by atoms with Gasteiger partial charge < -0.3 is 5.32 Å². The Morgan fingerprint density at radius 2 is 1.88 bits per heavy atom. The van der Waals surface area contributed by atoms with Crippen molar-refractivity contribution in [2.75, 3.05) is 5.32 Å². The first kappa shape index (κ1) is 16.4. The van der Waals surface area contributed by atoms with Crippen molar-refractivity contribution in [2.45, 2.75) is 6.92 Å². The van der Waals surface area contributed by atoms with Crippen LogP contribution in [0.1, 0.15) is 10.6 Å². The standard InChI is InChI=1S/C19H14BrN3S/c1-13-2-8-17(9-3-13)22-11-15(10-21)19-23-18(12-24-19)14-4-6-16(20)7-5-14/h2-9,11-12,22H,1H3/b15-11+. The van der Waals surface area contributed by atoms with Gasteiger partial charge in [-0.15, -0.1) is 11.3 Å². The van der Waals surface area contributed by atoms with Gasteiger partial charge in [-0.25, -0.2) is 4.98 Å². The number of nitrogens with one attached hydrogen (secondary N) is 1. The summed E-state index contributed by atoms with van der Waals surface area (Å²) >= 11 is 4.89. The number of hydrogen-bond donors (Lipinski definition) is 1. The third kappa shape index (κ3) is 3.91. The van der Waals surface area contributed by atoms with Crippen LogP contribution in [0.15, 0.2) is 64.6 Å². The molecule has 0 aliphatic heterocycles. The Hall–Kier alpha value is -2.42. The van der Waals surface area contributed by atoms with Crippen LogP contribution in [0.4, 0.5) is 5.69 Å². The van der Waals surface area contributed by atoms with Crippen LogP contribution in [-0.2, 0) is 0 Å². The summed E-state index contributed by atoms with van der Waals surface area (Å²) in [7, 11) is 0. The van der Waals surface area contributed by atoms with Gasteiger partial charge in [0.25, 0.3) is 0 Å². The van der Waals surface area contributed by atoms with Crippen LogP contribution in [-0.4, -0.2) is 4.98 Å². The van der Waals surface area contributed by atoms with E-state index < -0.39 is 0 Å². The summed E-state index contributed by atoms with van der Waals surface area (Å²) in [6.07, 6.45) is 1.70. The van der Waals surface area contributed by atoms with Gasteiger partial charge >= 0.3 is 0 Å². The van der Waals surface area contributed by atoms with Crippen molar-refractivity contribution in [3.05, 3.63) is 75.2 Å². The van der Waals surface area contributed by atoms with Crippen molar-refractivity contribution >= 4 is 38.5 Å². The fourth-order valence-corrected chi connectivity index (χ4v) is 3.16. The number of hydrogen-bond acceptors (Lipinski definition) is 4. The molecule has 3 rings (SSSR count). The maximum absolute atomic E-state index is 9.42. The van der Waals surface area contributed by atoms with Gasteiger partial charge in [-0.2, -0.15) is 5.26 Å². The number of aryl methyl sites for hydroxylation is 1. The molecule has 1 aromatic heterocycles. The van der Waals surface area contributed by atoms with Crippen LogP contribution in [0.3, 0.4) is 0 Å². The van der Waals surface area contributed by atoms with Crippen LogP contribution >= 0.6 is 27.3 Å². The number of halogens is 1. The molecule has 3 aromatic rings. The number of aromatic nitrogens is 1. The molecular weight excluding hydrogens is 382 g/mol. The fraction of sp³-hybridized carbons (Fsp3) is 0.0526. The molecule has 0 unspecified atom stereocenters. The predicted molar refractivity (Wildman–Crippen MR) is 104 cm³/mol. The van der Waals surface area contributed by atoms with Gasteiger partial charge in [0.15, 0.2) is 0 Å². The summed E-state index contributed by atoms with van der Waals surface area (Å²) in [6.45, 7) is 2.04. The van der Waals surface area contributed by atoms with Gasteiger partial charge in [-0.1, -0.05) is 45.8 Å². The molecule has 24 heavy (non-hydrogen) atoms. The van der Waals surface area contributed by atoms with Crippen LogP contribution in [0.5, 0.6) is 0 Å². The Morgan fingerprint density at radius 3 is 2.54 bits per heavy atom. The van der Waals surface area contributed by atoms with Crippen molar-refractivity contribution in [2.24, 2.45) is 0 Å². The first-order valence-corrected chi connectivity index (χ1v) is 8.98. The largest absolute Gasteiger partial charge is 0.360 e. The second-order valence-electron chi connectivity index (χ2n) is 5.22. The van der Waals surface area contributed by atoms with E-state index in [4.69, 9.17) is 0 Å². The predicted octanol–water partition coefficient (Wildman–Crippen LogP) is 5.86. The highest BCUT2D eigenvalue weighted by Crippen LogP contribution is 2.27. The highest BCUT2D eigenvalue weighted by molar-refractivity contribution is 9.10. The molecule has 0 spiro atoms. The number of benzene rings is 2. The first-order valence-electron chi connectivity index (χ1n) is 7.31. The quantitative estimate of drug-likeness (QED) is 0.562. The number of anilines is 1. The van der Waals surface area contributed by atoms with Crippen molar-refractivity contribution < 1.29 is 0 Å². The summed E-state index contributed by atoms with van der Waals surface area (Å²) in [4.78, 5) is 4.58. The van der Waals surface area contributed by atoms with E-state index in [1.165, 1.54) is 16.9 Å². The molecule has 0 fully saturated rings. The number of allylic oxidation sites excluding steroid dienone is 1. The first-order chi connectivity index (χ1) is 11.7. The number of thiazole rings is 1. The molecular formula is C19H14BrN3S. The molecule has 0 radical (unpaired) electrons. The molecule has 1 heterocycles. The van der Waals surface area contributed by atoms with E-state index in [1.807, 2.05) is 60.8 Å². The van der Waals surface area contributed by atoms with E-state index in [-0.39, 0.29) is 0 Å². The smallest absolute Gasteiger partial charge is 0.136 e. The Balaban J connectivity index is 1.81. The number of nitrogens with zero attached hydrogens (tertiary/aromatic N) is 2. The molecule has 3 nitrogen and oxygen atoms in total. The van der Waals surface area contributed by atoms with Crippen molar-refractivity contribution in [3.63, 3.8) is 0 Å². The topological polar surface area (TPSA) is 48.7 Å². The Kier molecular flexibility index (Phi) is 5.09. The maximum atomic E-state index is 9.42. The van der Waals surface area contributed by atoms with Crippen molar-refractivity contribution in [1.29, 1.82) is 5.26 Å². The van der Waals surface area contributed by atoms with E-state index >= 15 is 0 Å². The van der Waals surface area contributed by atoms with E-state index in [0.717, 1.165) is 21.4 Å². The zero-order chi connectivity index (χ0) is 16.9. The van der Waals surface area contributed by atoms with Crippen LogP contribution < -0.4 is 5.32 Å². The molecule has 0 aliphatic rings. The molecule has 0 amide bonds. The average Bonchev–Trinajstić information content (AvgIpc) is 3.08. The van der Waals surface area contributed by atoms with Gasteiger partial charge in [-0.05, 0) is 31.2 Å². The van der Waals surface area contributed by atoms with Crippen molar-refractivity contribution in [3.8, 4) is 17.3 Å². The molecule has 0 saturated heterocycles. The number of rotatable bonds is 4. The minimum Gasteiger partial charge on any atom is -0.360 e. The number of nitriles is 1. The average molecular weight is 396 g/mol. The normalized spacial score (nSPS) is 11.1. The highest BCUT2D eigenvalue weighted by Gasteiger charge is 2.09. The summed E-state index contributed by atoms with van der Waals surface area (Å²) in [6, 6.07) is 18.2. The molecule has 5 heteroatoms. The Morgan fingerprint density at radius 1 is 1.17 bits per heavy atom. The minimum absolute atomic E-state index is 0.518. The minimum atomic E-state index is 0.518. The Labute approximate surface area is 153 Å². The van der Waals surface area contributed by atoms with Crippen molar-refractivity contribution in [1.82, 2.24) is 4.98 Å². The third-order valence-corrected chi connectivity index (χ3v) is 4.83. The SMILES string of the molecule is Cc1ccc(N/C=C(\C#N)c2nc(-c3ccc(Br)cc3)cs2)cc1. The van der Waals surface area contributed by atoms with Gasteiger partial charge in [0, 0.05) is 27.3 Å². The molecule has 118 valence electrons. The molecule has 0 aliphatic carbocycles. The van der Waals surface area contributed by atoms with Gasteiger partial charge in [0.2, 0.25) is 0 Å². The van der Waals surface area contributed by atoms with Crippen LogP contribution in [0.2, 0.25) is 0 Å². The highest BCUT2D eigenvalue weighted by atomic mass is 79.9. The van der Waals surface area contributed by atoms with Gasteiger partial charge in [0.05, 0.1) is 5.69 Å². The summed E-state index contributed by atoms with van der Waals surface area (Å²) < 4.78 is 1.03. The maximum Gasteiger partial charge on any atom is 0.136 e. The zero-order valence-corrected chi connectivity index (χ0v) is 15.4. The van der Waals surface area contributed by atoms with E-state index in [0.29, 0.717) is 10.6 Å². The van der Waals surface area contributed by atoms with Crippen LogP contribution in [0.25, 0.3) is 16.8 Å². The summed E-state index contributed by atoms with van der Waals surface area (Å²) in [5.41, 5.74) is 4.56. The van der Waals surface area contributed by atoms with E-state index in [9.17, 15) is 5.26 Å². The third-order valence-electron chi connectivity index (χ3n) is 3.43. The lowest BCUT2D eigenvalue weighted by atomic mass is 10.2. The zero-order valence-electron chi connectivity index (χ0n) is 13.0. The lowest BCUT2D eigenvalue weighted by Crippen LogP contribution is -1.91. The summed E-state index contributed by atoms with van der Waals surface area (Å²) in [5, 5.41) is 15.2. The van der Waals surface area contributed by atoms with Crippen LogP contribution in [0, 0.1) is 18.3 Å². The lowest BCUT2D eigenvalue weighted by molar-refractivity contribution is 1.36. The molecule has 0 atom stereocenters. The lowest BCUT2D eigenvalue weighted by Gasteiger charge is -2.01. The molecule has 0 saturated carbocycles.